The molecule has 0 heterocycles. The Bertz CT molecular complexity index is 720. The van der Waals surface area contributed by atoms with E-state index in [0.717, 1.165) is 29.9 Å². The first-order chi connectivity index (χ1) is 12.6. The number of amides is 1. The minimum Gasteiger partial charge on any atom is -0.497 e. The molecule has 0 bridgehead atoms. The van der Waals surface area contributed by atoms with Crippen LogP contribution in [0.5, 0.6) is 11.5 Å². The first-order valence-corrected chi connectivity index (χ1v) is 8.92. The molecule has 1 amide bonds. The fourth-order valence-electron chi connectivity index (χ4n) is 2.50. The predicted molar refractivity (Wildman–Crippen MR) is 106 cm³/mol. The summed E-state index contributed by atoms with van der Waals surface area (Å²) in [5.74, 6) is 1.61. The topological polar surface area (TPSA) is 47.6 Å². The number of benzene rings is 2. The Balaban J connectivity index is 1.72. The molecule has 0 aliphatic carbocycles. The van der Waals surface area contributed by atoms with Crippen molar-refractivity contribution in [3.63, 3.8) is 0 Å². The molecule has 2 aromatic rings. The minimum atomic E-state index is -0.0855. The van der Waals surface area contributed by atoms with Gasteiger partial charge in [-0.25, -0.2) is 0 Å². The molecule has 0 aliphatic heterocycles. The maximum absolute atomic E-state index is 11.9. The molecule has 0 spiro atoms. The van der Waals surface area contributed by atoms with Gasteiger partial charge >= 0.3 is 0 Å². The van der Waals surface area contributed by atoms with Crippen molar-refractivity contribution in [3.8, 4) is 11.5 Å². The lowest BCUT2D eigenvalue weighted by Crippen LogP contribution is -2.22. The zero-order chi connectivity index (χ0) is 18.8. The number of rotatable bonds is 9. The van der Waals surface area contributed by atoms with Gasteiger partial charge in [-0.2, -0.15) is 0 Å². The van der Waals surface area contributed by atoms with Crippen molar-refractivity contribution in [1.29, 1.82) is 0 Å². The van der Waals surface area contributed by atoms with Crippen molar-refractivity contribution in [2.45, 2.75) is 32.8 Å². The van der Waals surface area contributed by atoms with Crippen molar-refractivity contribution in [1.82, 2.24) is 5.32 Å². The predicted octanol–water partition coefficient (Wildman–Crippen LogP) is 4.24. The number of hydrogen-bond acceptors (Lipinski definition) is 3. The Morgan fingerprint density at radius 3 is 2.58 bits per heavy atom. The lowest BCUT2D eigenvalue weighted by Gasteiger charge is -2.11. The van der Waals surface area contributed by atoms with Gasteiger partial charge in [-0.15, -0.1) is 0 Å². The smallest absolute Gasteiger partial charge is 0.243 e. The number of hydrogen-bond donors (Lipinski definition) is 1. The van der Waals surface area contributed by atoms with Gasteiger partial charge in [-0.3, -0.25) is 4.79 Å². The van der Waals surface area contributed by atoms with E-state index in [1.807, 2.05) is 50.2 Å². The number of aryl methyl sites for hydroxylation is 1. The highest BCUT2D eigenvalue weighted by Gasteiger charge is 2.01. The van der Waals surface area contributed by atoms with E-state index in [0.29, 0.717) is 6.54 Å². The zero-order valence-corrected chi connectivity index (χ0v) is 15.7. The quantitative estimate of drug-likeness (QED) is 0.542. The van der Waals surface area contributed by atoms with Gasteiger partial charge in [0.05, 0.1) is 13.2 Å². The molecule has 2 rings (SSSR count). The molecule has 0 saturated heterocycles. The lowest BCUT2D eigenvalue weighted by molar-refractivity contribution is -0.116. The summed E-state index contributed by atoms with van der Waals surface area (Å²) < 4.78 is 10.8. The third kappa shape index (κ3) is 7.01. The van der Waals surface area contributed by atoms with Crippen LogP contribution in [0.4, 0.5) is 0 Å². The Morgan fingerprint density at radius 1 is 1.12 bits per heavy atom. The fraction of sp³-hybridized carbons (Fsp3) is 0.318. The van der Waals surface area contributed by atoms with E-state index in [9.17, 15) is 4.79 Å². The second kappa shape index (κ2) is 10.3. The number of carbonyl (C=O) groups excluding carboxylic acids is 1. The maximum atomic E-state index is 11.9. The van der Waals surface area contributed by atoms with E-state index in [-0.39, 0.29) is 12.0 Å². The van der Waals surface area contributed by atoms with E-state index < -0.39 is 0 Å². The van der Waals surface area contributed by atoms with E-state index in [1.54, 1.807) is 19.3 Å². The van der Waals surface area contributed by atoms with Crippen molar-refractivity contribution in [3.05, 3.63) is 65.7 Å². The summed E-state index contributed by atoms with van der Waals surface area (Å²) in [5.41, 5.74) is 2.18. The molecule has 0 aromatic heterocycles. The molecule has 0 saturated carbocycles. The normalized spacial score (nSPS) is 10.9. The van der Waals surface area contributed by atoms with Crippen LogP contribution in [0.25, 0.3) is 6.08 Å². The molecule has 0 atom stereocenters. The Kier molecular flexibility index (Phi) is 7.75. The molecule has 4 heteroatoms. The average molecular weight is 353 g/mol. The molecular formula is C22H27NO3. The van der Waals surface area contributed by atoms with E-state index in [2.05, 4.69) is 17.4 Å². The molecule has 0 radical (unpaired) electrons. The number of carbonyl (C=O) groups is 1. The van der Waals surface area contributed by atoms with E-state index >= 15 is 0 Å². The minimum absolute atomic E-state index is 0.0855. The highest BCUT2D eigenvalue weighted by atomic mass is 16.5. The number of methoxy groups -OCH3 is 1. The van der Waals surface area contributed by atoms with Crippen LogP contribution in [0, 0.1) is 0 Å². The Hall–Kier alpha value is -2.75. The molecule has 1 N–H and O–H groups in total. The van der Waals surface area contributed by atoms with Crippen molar-refractivity contribution >= 4 is 12.0 Å². The van der Waals surface area contributed by atoms with Gasteiger partial charge in [0.1, 0.15) is 11.5 Å². The van der Waals surface area contributed by atoms with Crippen LogP contribution in [0.1, 0.15) is 31.4 Å². The first-order valence-electron chi connectivity index (χ1n) is 8.92. The summed E-state index contributed by atoms with van der Waals surface area (Å²) >= 11 is 0. The van der Waals surface area contributed by atoms with Crippen LogP contribution >= 0.6 is 0 Å². The molecule has 0 unspecified atom stereocenters. The maximum Gasteiger partial charge on any atom is 0.243 e. The van der Waals surface area contributed by atoms with Crippen LogP contribution < -0.4 is 14.8 Å². The molecule has 4 nitrogen and oxygen atoms in total. The summed E-state index contributed by atoms with van der Waals surface area (Å²) in [4.78, 5) is 11.9. The third-order valence-electron chi connectivity index (χ3n) is 3.75. The van der Waals surface area contributed by atoms with E-state index in [1.165, 1.54) is 5.56 Å². The summed E-state index contributed by atoms with van der Waals surface area (Å²) in [6.07, 6.45) is 5.30. The second-order valence-corrected chi connectivity index (χ2v) is 6.32. The molecule has 2 aromatic carbocycles. The van der Waals surface area contributed by atoms with Crippen LogP contribution in [0.3, 0.4) is 0 Å². The number of nitrogens with one attached hydrogen (secondary N) is 1. The standard InChI is InChI=1S/C22H27NO3/c1-17(2)26-21-8-4-6-19(16-21)7-5-15-23-22(24)14-11-18-9-12-20(25-3)13-10-18/h4,6,8-14,16-17H,5,7,15H2,1-3H3,(H,23,24)/b14-11+. The fourth-order valence-corrected chi connectivity index (χ4v) is 2.50. The summed E-state index contributed by atoms with van der Waals surface area (Å²) in [6, 6.07) is 15.7. The van der Waals surface area contributed by atoms with Crippen LogP contribution in [-0.4, -0.2) is 25.7 Å². The Morgan fingerprint density at radius 2 is 1.88 bits per heavy atom. The van der Waals surface area contributed by atoms with Gasteiger partial charge in [0.15, 0.2) is 0 Å². The molecule has 26 heavy (non-hydrogen) atoms. The molecule has 138 valence electrons. The van der Waals surface area contributed by atoms with Gasteiger partial charge in [-0.1, -0.05) is 24.3 Å². The zero-order valence-electron chi connectivity index (χ0n) is 15.7. The molecule has 0 aliphatic rings. The summed E-state index contributed by atoms with van der Waals surface area (Å²) in [6.45, 7) is 4.67. The van der Waals surface area contributed by atoms with E-state index in [4.69, 9.17) is 9.47 Å². The third-order valence-corrected chi connectivity index (χ3v) is 3.75. The van der Waals surface area contributed by atoms with Gasteiger partial charge in [0.25, 0.3) is 0 Å². The monoisotopic (exact) mass is 353 g/mol. The van der Waals surface area contributed by atoms with Crippen LogP contribution in [0.2, 0.25) is 0 Å². The van der Waals surface area contributed by atoms with Gasteiger partial charge < -0.3 is 14.8 Å². The van der Waals surface area contributed by atoms with Crippen molar-refractivity contribution in [2.24, 2.45) is 0 Å². The van der Waals surface area contributed by atoms with Crippen LogP contribution in [0.15, 0.2) is 54.6 Å². The number of ether oxygens (including phenoxy) is 2. The van der Waals surface area contributed by atoms with Gasteiger partial charge in [0, 0.05) is 12.6 Å². The summed E-state index contributed by atoms with van der Waals surface area (Å²) in [7, 11) is 1.63. The highest BCUT2D eigenvalue weighted by Crippen LogP contribution is 2.16. The second-order valence-electron chi connectivity index (χ2n) is 6.32. The van der Waals surface area contributed by atoms with Crippen molar-refractivity contribution < 1.29 is 14.3 Å². The van der Waals surface area contributed by atoms with Gasteiger partial charge in [0.2, 0.25) is 5.91 Å². The first kappa shape index (κ1) is 19.6. The van der Waals surface area contributed by atoms with Crippen LogP contribution in [-0.2, 0) is 11.2 Å². The SMILES string of the molecule is COc1ccc(/C=C/C(=O)NCCCc2cccc(OC(C)C)c2)cc1. The largest absolute Gasteiger partial charge is 0.497 e. The lowest BCUT2D eigenvalue weighted by atomic mass is 10.1. The van der Waals surface area contributed by atoms with Crippen molar-refractivity contribution in [2.75, 3.05) is 13.7 Å². The average Bonchev–Trinajstić information content (AvgIpc) is 2.64. The van der Waals surface area contributed by atoms with Gasteiger partial charge in [-0.05, 0) is 68.2 Å². The molecular weight excluding hydrogens is 326 g/mol. The molecule has 0 fully saturated rings. The summed E-state index contributed by atoms with van der Waals surface area (Å²) in [5, 5.41) is 2.91. The Labute approximate surface area is 155 Å². The highest BCUT2D eigenvalue weighted by molar-refractivity contribution is 5.91.